The largest absolute Gasteiger partial charge is 0.444 e. The molecule has 0 unspecified atom stereocenters. The zero-order valence-electron chi connectivity index (χ0n) is 11.2. The first-order valence-corrected chi connectivity index (χ1v) is 6.43. The summed E-state index contributed by atoms with van der Waals surface area (Å²) in [6.45, 7) is 5.79. The molecule has 1 amide bonds. The number of ether oxygens (including phenoxy) is 1. The molecule has 0 aromatic heterocycles. The number of hydrogen-bond acceptors (Lipinski definition) is 3. The van der Waals surface area contributed by atoms with Crippen LogP contribution in [0, 0.1) is 0 Å². The highest BCUT2D eigenvalue weighted by molar-refractivity contribution is 6.31. The van der Waals surface area contributed by atoms with Gasteiger partial charge in [0.2, 0.25) is 0 Å². The summed E-state index contributed by atoms with van der Waals surface area (Å²) in [5.74, 6) is -0.116. The second-order valence-corrected chi connectivity index (χ2v) is 6.00. The molecular formula is C14H16ClNO3. The molecule has 0 aliphatic carbocycles. The van der Waals surface area contributed by atoms with Gasteiger partial charge in [0.15, 0.2) is 5.78 Å². The Bertz CT molecular complexity index is 534. The molecule has 19 heavy (non-hydrogen) atoms. The first-order valence-electron chi connectivity index (χ1n) is 6.06. The third kappa shape index (κ3) is 3.26. The van der Waals surface area contributed by atoms with Gasteiger partial charge in [-0.05, 0) is 38.5 Å². The van der Waals surface area contributed by atoms with Crippen molar-refractivity contribution < 1.29 is 14.3 Å². The average molecular weight is 282 g/mol. The third-order valence-corrected chi connectivity index (χ3v) is 2.95. The minimum atomic E-state index is -0.569. The number of nitrogens with zero attached hydrogens (tertiary/aromatic N) is 1. The number of Topliss-reactive ketones (excluding diaryl/α,β-unsaturated/α-hetero) is 1. The van der Waals surface area contributed by atoms with Gasteiger partial charge in [0.05, 0.1) is 13.1 Å². The molecule has 1 heterocycles. The zero-order valence-corrected chi connectivity index (χ0v) is 12.0. The van der Waals surface area contributed by atoms with Crippen molar-refractivity contribution in [2.75, 3.05) is 6.54 Å². The Hall–Kier alpha value is -1.55. The summed E-state index contributed by atoms with van der Waals surface area (Å²) in [6.07, 6.45) is -0.471. The number of benzene rings is 1. The number of halogens is 1. The van der Waals surface area contributed by atoms with Crippen LogP contribution in [-0.4, -0.2) is 28.9 Å². The molecule has 5 heteroatoms. The van der Waals surface area contributed by atoms with Crippen LogP contribution in [0.1, 0.15) is 36.7 Å². The fraction of sp³-hybridized carbons (Fsp3) is 0.429. The molecule has 0 atom stereocenters. The van der Waals surface area contributed by atoms with Crippen LogP contribution in [-0.2, 0) is 11.3 Å². The van der Waals surface area contributed by atoms with E-state index in [1.165, 1.54) is 4.90 Å². The van der Waals surface area contributed by atoms with E-state index in [1.54, 1.807) is 39.0 Å². The van der Waals surface area contributed by atoms with Crippen molar-refractivity contribution in [1.29, 1.82) is 0 Å². The van der Waals surface area contributed by atoms with Gasteiger partial charge in [0.25, 0.3) is 0 Å². The number of carbonyl (C=O) groups is 2. The molecule has 1 aromatic carbocycles. The summed E-state index contributed by atoms with van der Waals surface area (Å²) in [5.41, 5.74) is 0.819. The maximum absolute atomic E-state index is 12.0. The van der Waals surface area contributed by atoms with Crippen LogP contribution in [0.2, 0.25) is 5.02 Å². The molecule has 1 aromatic rings. The Morgan fingerprint density at radius 1 is 1.32 bits per heavy atom. The molecule has 1 aliphatic heterocycles. The van der Waals surface area contributed by atoms with Gasteiger partial charge in [-0.15, -0.1) is 0 Å². The van der Waals surface area contributed by atoms with E-state index in [0.717, 1.165) is 5.56 Å². The summed E-state index contributed by atoms with van der Waals surface area (Å²) < 4.78 is 5.27. The molecular weight excluding hydrogens is 266 g/mol. The first-order chi connectivity index (χ1) is 8.76. The molecule has 0 fully saturated rings. The third-order valence-electron chi connectivity index (χ3n) is 2.72. The fourth-order valence-electron chi connectivity index (χ4n) is 1.92. The summed E-state index contributed by atoms with van der Waals surface area (Å²) in [5, 5.41) is 0.526. The Labute approximate surface area is 117 Å². The van der Waals surface area contributed by atoms with Crippen LogP contribution in [0.3, 0.4) is 0 Å². The van der Waals surface area contributed by atoms with Crippen molar-refractivity contribution in [2.24, 2.45) is 0 Å². The molecule has 0 saturated heterocycles. The first kappa shape index (κ1) is 13.9. The predicted octanol–water partition coefficient (Wildman–Crippen LogP) is 3.27. The van der Waals surface area contributed by atoms with Crippen molar-refractivity contribution in [3.8, 4) is 0 Å². The molecule has 4 nitrogen and oxygen atoms in total. The molecule has 0 saturated carbocycles. The van der Waals surface area contributed by atoms with E-state index >= 15 is 0 Å². The molecule has 102 valence electrons. The average Bonchev–Trinajstić information content (AvgIpc) is 2.27. The summed E-state index contributed by atoms with van der Waals surface area (Å²) in [7, 11) is 0. The van der Waals surface area contributed by atoms with Gasteiger partial charge in [-0.1, -0.05) is 17.7 Å². The fourth-order valence-corrected chi connectivity index (χ4v) is 2.09. The topological polar surface area (TPSA) is 46.6 Å². The van der Waals surface area contributed by atoms with Crippen LogP contribution in [0.4, 0.5) is 4.79 Å². The quantitative estimate of drug-likeness (QED) is 0.733. The van der Waals surface area contributed by atoms with E-state index in [2.05, 4.69) is 0 Å². The lowest BCUT2D eigenvalue weighted by Crippen LogP contribution is -2.42. The number of hydrogen-bond donors (Lipinski definition) is 0. The SMILES string of the molecule is CC(C)(C)OC(=O)N1CC(=O)c2cc(Cl)ccc2C1. The maximum Gasteiger partial charge on any atom is 0.411 e. The molecule has 0 bridgehead atoms. The van der Waals surface area contributed by atoms with E-state index in [-0.39, 0.29) is 12.3 Å². The lowest BCUT2D eigenvalue weighted by Gasteiger charge is -2.30. The second kappa shape index (κ2) is 4.85. The summed E-state index contributed by atoms with van der Waals surface area (Å²) >= 11 is 5.87. The highest BCUT2D eigenvalue weighted by Gasteiger charge is 2.29. The highest BCUT2D eigenvalue weighted by Crippen LogP contribution is 2.23. The standard InChI is InChI=1S/C14H16ClNO3/c1-14(2,3)19-13(18)16-7-9-4-5-10(15)6-11(9)12(17)8-16/h4-6H,7-8H2,1-3H3. The number of rotatable bonds is 0. The minimum Gasteiger partial charge on any atom is -0.444 e. The molecule has 1 aliphatic rings. The van der Waals surface area contributed by atoms with Gasteiger partial charge in [-0.3, -0.25) is 9.69 Å². The predicted molar refractivity (Wildman–Crippen MR) is 72.4 cm³/mol. The summed E-state index contributed by atoms with van der Waals surface area (Å²) in [4.78, 5) is 25.4. The second-order valence-electron chi connectivity index (χ2n) is 5.56. The van der Waals surface area contributed by atoms with Gasteiger partial charge in [-0.2, -0.15) is 0 Å². The Morgan fingerprint density at radius 2 is 2.00 bits per heavy atom. The van der Waals surface area contributed by atoms with Crippen molar-refractivity contribution in [3.05, 3.63) is 34.3 Å². The molecule has 2 rings (SSSR count). The van der Waals surface area contributed by atoms with E-state index in [9.17, 15) is 9.59 Å². The van der Waals surface area contributed by atoms with Crippen molar-refractivity contribution in [3.63, 3.8) is 0 Å². The van der Waals surface area contributed by atoms with Crippen molar-refractivity contribution in [1.82, 2.24) is 4.90 Å². The van der Waals surface area contributed by atoms with E-state index in [0.29, 0.717) is 17.1 Å². The number of fused-ring (bicyclic) bond motifs is 1. The maximum atomic E-state index is 12.0. The number of carbonyl (C=O) groups excluding carboxylic acids is 2. The Kier molecular flexibility index (Phi) is 3.54. The van der Waals surface area contributed by atoms with Crippen LogP contribution >= 0.6 is 11.6 Å². The van der Waals surface area contributed by atoms with Crippen LogP contribution in [0.15, 0.2) is 18.2 Å². The van der Waals surface area contributed by atoms with Crippen molar-refractivity contribution in [2.45, 2.75) is 32.9 Å². The summed E-state index contributed by atoms with van der Waals surface area (Å²) in [6, 6.07) is 5.13. The van der Waals surface area contributed by atoms with E-state index in [1.807, 2.05) is 0 Å². The van der Waals surface area contributed by atoms with E-state index in [4.69, 9.17) is 16.3 Å². The molecule has 0 radical (unpaired) electrons. The van der Waals surface area contributed by atoms with Gasteiger partial charge < -0.3 is 4.74 Å². The smallest absolute Gasteiger partial charge is 0.411 e. The highest BCUT2D eigenvalue weighted by atomic mass is 35.5. The van der Waals surface area contributed by atoms with Crippen molar-refractivity contribution >= 4 is 23.5 Å². The van der Waals surface area contributed by atoms with E-state index < -0.39 is 11.7 Å². The Balaban J connectivity index is 2.19. The van der Waals surface area contributed by atoms with Crippen LogP contribution in [0.5, 0.6) is 0 Å². The number of amides is 1. The number of ketones is 1. The zero-order chi connectivity index (χ0) is 14.2. The lowest BCUT2D eigenvalue weighted by atomic mass is 9.99. The van der Waals surface area contributed by atoms with Gasteiger partial charge >= 0.3 is 6.09 Å². The Morgan fingerprint density at radius 3 is 2.63 bits per heavy atom. The monoisotopic (exact) mass is 281 g/mol. The lowest BCUT2D eigenvalue weighted by molar-refractivity contribution is 0.0220. The van der Waals surface area contributed by atoms with Crippen LogP contribution < -0.4 is 0 Å². The molecule has 0 N–H and O–H groups in total. The minimum absolute atomic E-state index is 0.0300. The van der Waals surface area contributed by atoms with Gasteiger partial charge in [0.1, 0.15) is 5.60 Å². The van der Waals surface area contributed by atoms with Crippen LogP contribution in [0.25, 0.3) is 0 Å². The van der Waals surface area contributed by atoms with Gasteiger partial charge in [0, 0.05) is 10.6 Å². The normalized spacial score (nSPS) is 15.2. The molecule has 0 spiro atoms. The van der Waals surface area contributed by atoms with Gasteiger partial charge in [-0.25, -0.2) is 4.79 Å².